The number of para-hydroxylation sites is 2. The molecule has 0 radical (unpaired) electrons. The molecule has 34 heavy (non-hydrogen) atoms. The lowest BCUT2D eigenvalue weighted by atomic mass is 10.1. The highest BCUT2D eigenvalue weighted by Gasteiger charge is 2.17. The molecule has 0 spiro atoms. The Kier molecular flexibility index (Phi) is 5.18. The monoisotopic (exact) mass is 447 g/mol. The van der Waals surface area contributed by atoms with E-state index in [-0.39, 0.29) is 0 Å². The summed E-state index contributed by atoms with van der Waals surface area (Å²) in [5.74, 6) is 1.20. The molecule has 0 unspecified atom stereocenters. The van der Waals surface area contributed by atoms with E-state index in [0.717, 1.165) is 46.9 Å². The van der Waals surface area contributed by atoms with Crippen molar-refractivity contribution in [3.8, 4) is 11.5 Å². The summed E-state index contributed by atoms with van der Waals surface area (Å²) >= 11 is 0. The zero-order valence-electron chi connectivity index (χ0n) is 18.8. The fraction of sp³-hybridized carbons (Fsp3) is 0.179. The molecule has 0 aliphatic carbocycles. The van der Waals surface area contributed by atoms with Gasteiger partial charge < -0.3 is 15.2 Å². The maximum absolute atomic E-state index is 12.0. The zero-order chi connectivity index (χ0) is 22.9. The average Bonchev–Trinajstić information content (AvgIpc) is 3.28. The van der Waals surface area contributed by atoms with E-state index >= 15 is 0 Å². The van der Waals surface area contributed by atoms with E-state index in [2.05, 4.69) is 39.5 Å². The molecule has 1 fully saturated rings. The van der Waals surface area contributed by atoms with Crippen LogP contribution in [0.1, 0.15) is 29.6 Å². The maximum atomic E-state index is 12.0. The van der Waals surface area contributed by atoms with Gasteiger partial charge in [0.1, 0.15) is 5.82 Å². The van der Waals surface area contributed by atoms with Crippen LogP contribution in [0.3, 0.4) is 0 Å². The molecule has 6 nitrogen and oxygen atoms in total. The fourth-order valence-electron chi connectivity index (χ4n) is 4.79. The number of H-pyrrole nitrogens is 1. The Labute approximate surface area is 197 Å². The van der Waals surface area contributed by atoms with E-state index in [4.69, 9.17) is 9.97 Å². The van der Waals surface area contributed by atoms with E-state index in [1.54, 1.807) is 0 Å². The molecule has 3 heterocycles. The molecule has 2 N–H and O–H groups in total. The summed E-state index contributed by atoms with van der Waals surface area (Å²) in [7, 11) is 0. The van der Waals surface area contributed by atoms with Crippen LogP contribution >= 0.6 is 0 Å². The third-order valence-corrected chi connectivity index (χ3v) is 6.54. The molecule has 1 aliphatic rings. The van der Waals surface area contributed by atoms with Crippen LogP contribution in [0.15, 0.2) is 72.8 Å². The molecule has 1 saturated heterocycles. The number of hydrogen-bond donors (Lipinski definition) is 2. The minimum absolute atomic E-state index is 0.490. The standard InChI is InChI=1S/C28H25N5O/c34-18-23-21-8-2-4-10-24(21)30-26(23)28-31-25-11-5-3-9-22(25)27(32-28)29-19-12-14-20(15-13-19)33-16-6-1-7-17-33/h2-5,8-15,18,30H,1,6-7,16-17H2,(H,29,31,32). The summed E-state index contributed by atoms with van der Waals surface area (Å²) in [5, 5.41) is 5.28. The number of nitrogens with one attached hydrogen (secondary N) is 2. The second kappa shape index (κ2) is 8.63. The van der Waals surface area contributed by atoms with Gasteiger partial charge in [-0.2, -0.15) is 0 Å². The molecule has 168 valence electrons. The number of nitrogens with zero attached hydrogens (tertiary/aromatic N) is 3. The number of carbonyl (C=O) groups is 1. The molecule has 0 amide bonds. The molecule has 0 bridgehead atoms. The predicted molar refractivity (Wildman–Crippen MR) is 138 cm³/mol. The number of carbonyl (C=O) groups excluding carboxylic acids is 1. The van der Waals surface area contributed by atoms with Gasteiger partial charge in [-0.3, -0.25) is 4.79 Å². The van der Waals surface area contributed by atoms with Gasteiger partial charge in [-0.15, -0.1) is 0 Å². The van der Waals surface area contributed by atoms with Crippen LogP contribution < -0.4 is 10.2 Å². The lowest BCUT2D eigenvalue weighted by Crippen LogP contribution is -2.29. The minimum Gasteiger partial charge on any atom is -0.372 e. The number of hydrogen-bond acceptors (Lipinski definition) is 5. The van der Waals surface area contributed by atoms with Gasteiger partial charge in [-0.1, -0.05) is 30.3 Å². The highest BCUT2D eigenvalue weighted by molar-refractivity contribution is 6.04. The van der Waals surface area contributed by atoms with Crippen molar-refractivity contribution in [3.63, 3.8) is 0 Å². The maximum Gasteiger partial charge on any atom is 0.179 e. The Morgan fingerprint density at radius 3 is 2.35 bits per heavy atom. The number of rotatable bonds is 5. The van der Waals surface area contributed by atoms with Crippen LogP contribution in [0.25, 0.3) is 33.3 Å². The summed E-state index contributed by atoms with van der Waals surface area (Å²) < 4.78 is 0. The second-order valence-corrected chi connectivity index (χ2v) is 8.71. The van der Waals surface area contributed by atoms with Gasteiger partial charge in [-0.25, -0.2) is 9.97 Å². The third-order valence-electron chi connectivity index (χ3n) is 6.54. The quantitative estimate of drug-likeness (QED) is 0.308. The molecule has 0 saturated carbocycles. The van der Waals surface area contributed by atoms with Gasteiger partial charge >= 0.3 is 0 Å². The molecular weight excluding hydrogens is 422 g/mol. The number of aldehydes is 1. The average molecular weight is 448 g/mol. The summed E-state index contributed by atoms with van der Waals surface area (Å²) in [6.45, 7) is 2.24. The van der Waals surface area contributed by atoms with E-state index in [9.17, 15) is 4.79 Å². The van der Waals surface area contributed by atoms with Crippen LogP contribution in [-0.4, -0.2) is 34.3 Å². The van der Waals surface area contributed by atoms with Crippen LogP contribution in [0.4, 0.5) is 17.2 Å². The van der Waals surface area contributed by atoms with E-state index in [0.29, 0.717) is 22.9 Å². The van der Waals surface area contributed by atoms with Crippen LogP contribution in [0.5, 0.6) is 0 Å². The van der Waals surface area contributed by atoms with Gasteiger partial charge in [-0.05, 0) is 61.7 Å². The molecule has 5 aromatic rings. The SMILES string of the molecule is O=Cc1c(-c2nc(Nc3ccc(N4CCCCC4)cc3)c3ccccc3n2)[nH]c2ccccc12. The highest BCUT2D eigenvalue weighted by atomic mass is 16.1. The molecule has 6 heteroatoms. The normalized spacial score (nSPS) is 13.9. The fourth-order valence-corrected chi connectivity index (χ4v) is 4.79. The van der Waals surface area contributed by atoms with Crippen molar-refractivity contribution in [1.29, 1.82) is 0 Å². The zero-order valence-corrected chi connectivity index (χ0v) is 18.8. The second-order valence-electron chi connectivity index (χ2n) is 8.71. The first-order valence-corrected chi connectivity index (χ1v) is 11.8. The summed E-state index contributed by atoms with van der Waals surface area (Å²) in [4.78, 5) is 27.4. The topological polar surface area (TPSA) is 73.9 Å². The number of benzene rings is 3. The summed E-state index contributed by atoms with van der Waals surface area (Å²) in [5.41, 5.74) is 5.12. The van der Waals surface area contributed by atoms with Crippen molar-refractivity contribution in [3.05, 3.63) is 78.4 Å². The lowest BCUT2D eigenvalue weighted by molar-refractivity contribution is 0.112. The van der Waals surface area contributed by atoms with Crippen molar-refractivity contribution >= 4 is 45.3 Å². The molecule has 6 rings (SSSR count). The molecule has 2 aromatic heterocycles. The van der Waals surface area contributed by atoms with Gasteiger partial charge in [0.15, 0.2) is 12.1 Å². The molecule has 1 aliphatic heterocycles. The Bertz CT molecular complexity index is 1480. The van der Waals surface area contributed by atoms with Crippen LogP contribution in [-0.2, 0) is 0 Å². The first kappa shape index (κ1) is 20.4. The first-order chi connectivity index (χ1) is 16.8. The summed E-state index contributed by atoms with van der Waals surface area (Å²) in [6, 6.07) is 24.2. The smallest absolute Gasteiger partial charge is 0.179 e. The Morgan fingerprint density at radius 1 is 0.824 bits per heavy atom. The minimum atomic E-state index is 0.490. The Hall–Kier alpha value is -4.19. The first-order valence-electron chi connectivity index (χ1n) is 11.8. The van der Waals surface area contributed by atoms with E-state index < -0.39 is 0 Å². The lowest BCUT2D eigenvalue weighted by Gasteiger charge is -2.28. The van der Waals surface area contributed by atoms with Gasteiger partial charge in [0, 0.05) is 40.8 Å². The predicted octanol–water partition coefficient (Wildman–Crippen LogP) is 6.32. The van der Waals surface area contributed by atoms with Crippen molar-refractivity contribution in [2.24, 2.45) is 0 Å². The van der Waals surface area contributed by atoms with E-state index in [1.165, 1.54) is 24.9 Å². The van der Waals surface area contributed by atoms with Crippen molar-refractivity contribution < 1.29 is 4.79 Å². The van der Waals surface area contributed by atoms with Crippen LogP contribution in [0, 0.1) is 0 Å². The number of piperidine rings is 1. The van der Waals surface area contributed by atoms with Gasteiger partial charge in [0.25, 0.3) is 0 Å². The largest absolute Gasteiger partial charge is 0.372 e. The molecule has 3 aromatic carbocycles. The number of aromatic nitrogens is 3. The van der Waals surface area contributed by atoms with E-state index in [1.807, 2.05) is 48.5 Å². The number of fused-ring (bicyclic) bond motifs is 2. The Balaban J connectivity index is 1.40. The molecule has 0 atom stereocenters. The van der Waals surface area contributed by atoms with Crippen molar-refractivity contribution in [2.45, 2.75) is 19.3 Å². The molecular formula is C28H25N5O. The number of aromatic amines is 1. The van der Waals surface area contributed by atoms with Crippen LogP contribution in [0.2, 0.25) is 0 Å². The van der Waals surface area contributed by atoms with Crippen molar-refractivity contribution in [2.75, 3.05) is 23.3 Å². The highest BCUT2D eigenvalue weighted by Crippen LogP contribution is 2.32. The Morgan fingerprint density at radius 2 is 1.56 bits per heavy atom. The number of anilines is 3. The third kappa shape index (κ3) is 3.67. The van der Waals surface area contributed by atoms with Gasteiger partial charge in [0.05, 0.1) is 16.8 Å². The summed E-state index contributed by atoms with van der Waals surface area (Å²) in [6.07, 6.45) is 4.71. The van der Waals surface area contributed by atoms with Gasteiger partial charge in [0.2, 0.25) is 0 Å². The van der Waals surface area contributed by atoms with Crippen molar-refractivity contribution in [1.82, 2.24) is 15.0 Å².